The number of rotatable bonds is 8. The summed E-state index contributed by atoms with van der Waals surface area (Å²) in [6.07, 6.45) is 2.37. The predicted molar refractivity (Wildman–Crippen MR) is 134 cm³/mol. The zero-order valence-electron chi connectivity index (χ0n) is 20.8. The lowest BCUT2D eigenvalue weighted by Gasteiger charge is -2.41. The van der Waals surface area contributed by atoms with Crippen LogP contribution in [0.15, 0.2) is 59.9 Å². The largest absolute Gasteiger partial charge is 0.464 e. The van der Waals surface area contributed by atoms with Crippen molar-refractivity contribution in [3.63, 3.8) is 0 Å². The van der Waals surface area contributed by atoms with Crippen molar-refractivity contribution in [3.8, 4) is 22.5 Å². The minimum absolute atomic E-state index is 0.329. The molecule has 0 bridgehead atoms. The van der Waals surface area contributed by atoms with Crippen LogP contribution in [0, 0.1) is 0 Å². The number of esters is 1. The van der Waals surface area contributed by atoms with Gasteiger partial charge in [-0.3, -0.25) is 0 Å². The van der Waals surface area contributed by atoms with Crippen LogP contribution in [0.2, 0.25) is 0 Å². The molecule has 9 heteroatoms. The van der Waals surface area contributed by atoms with Crippen molar-refractivity contribution >= 4 is 11.7 Å². The van der Waals surface area contributed by atoms with Crippen LogP contribution in [0.5, 0.6) is 0 Å². The number of nitrogens with zero attached hydrogens (tertiary/aromatic N) is 4. The number of aromatic nitrogens is 4. The Morgan fingerprint density at radius 2 is 1.80 bits per heavy atom. The fourth-order valence-corrected chi connectivity index (χ4v) is 4.79. The van der Waals surface area contributed by atoms with Crippen molar-refractivity contribution in [2.45, 2.75) is 58.2 Å². The molecule has 3 aromatic rings. The van der Waals surface area contributed by atoms with Crippen molar-refractivity contribution < 1.29 is 14.6 Å². The summed E-state index contributed by atoms with van der Waals surface area (Å²) in [5.41, 5.74) is 2.61. The Morgan fingerprint density at radius 1 is 1.11 bits per heavy atom. The molecule has 2 aromatic carbocycles. The molecule has 0 radical (unpaired) electrons. The van der Waals surface area contributed by atoms with Crippen LogP contribution in [0.25, 0.3) is 22.5 Å². The van der Waals surface area contributed by atoms with Gasteiger partial charge in [0.2, 0.25) is 5.82 Å². The van der Waals surface area contributed by atoms with Gasteiger partial charge in [0.15, 0.2) is 5.70 Å². The Morgan fingerprint density at radius 3 is 2.34 bits per heavy atom. The lowest BCUT2D eigenvalue weighted by Crippen LogP contribution is -2.54. The highest BCUT2D eigenvalue weighted by molar-refractivity contribution is 5.96. The summed E-state index contributed by atoms with van der Waals surface area (Å²) < 4.78 is 5.17. The first-order chi connectivity index (χ1) is 16.8. The second-order valence-electron chi connectivity index (χ2n) is 9.20. The zero-order valence-corrected chi connectivity index (χ0v) is 20.8. The first-order valence-electron chi connectivity index (χ1n) is 11.8. The van der Waals surface area contributed by atoms with Crippen LogP contribution >= 0.6 is 0 Å². The molecule has 184 valence electrons. The second-order valence-corrected chi connectivity index (χ2v) is 9.20. The van der Waals surface area contributed by atoms with Crippen molar-refractivity contribution in [2.24, 2.45) is 0 Å². The lowest BCUT2D eigenvalue weighted by molar-refractivity contribution is -0.136. The number of anilines is 1. The number of ether oxygens (including phenoxy) is 1. The Kier molecular flexibility index (Phi) is 6.62. The number of hydrogen-bond acceptors (Lipinski definition) is 8. The maximum Gasteiger partial charge on any atom is 0.356 e. The molecule has 3 N–H and O–H groups in total. The number of aliphatic hydroxyl groups is 1. The van der Waals surface area contributed by atoms with Gasteiger partial charge in [-0.05, 0) is 55.2 Å². The number of benzene rings is 2. The molecule has 1 aromatic heterocycles. The molecule has 0 fully saturated rings. The summed E-state index contributed by atoms with van der Waals surface area (Å²) in [7, 11) is 1.36. The van der Waals surface area contributed by atoms with E-state index in [-0.39, 0.29) is 0 Å². The summed E-state index contributed by atoms with van der Waals surface area (Å²) >= 11 is 0. The topological polar surface area (TPSA) is 116 Å². The minimum Gasteiger partial charge on any atom is -0.464 e. The average Bonchev–Trinajstić information content (AvgIpc) is 3.51. The van der Waals surface area contributed by atoms with Crippen molar-refractivity contribution in [2.75, 3.05) is 12.0 Å². The molecule has 0 saturated carbocycles. The van der Waals surface area contributed by atoms with E-state index in [1.807, 2.05) is 53.4 Å². The van der Waals surface area contributed by atoms with Crippen LogP contribution in [-0.2, 0) is 9.53 Å². The molecule has 4 rings (SSSR count). The molecule has 2 heterocycles. The third-order valence-corrected chi connectivity index (χ3v) is 6.43. The molecular weight excluding hydrogens is 444 g/mol. The minimum atomic E-state index is -1.25. The van der Waals surface area contributed by atoms with E-state index in [9.17, 15) is 9.90 Å². The van der Waals surface area contributed by atoms with E-state index in [4.69, 9.17) is 4.74 Å². The Hall–Kier alpha value is -3.72. The molecule has 0 amide bonds. The maximum atomic E-state index is 13.0. The monoisotopic (exact) mass is 476 g/mol. The van der Waals surface area contributed by atoms with Crippen LogP contribution in [0.1, 0.15) is 47.0 Å². The van der Waals surface area contributed by atoms with Crippen molar-refractivity contribution in [3.05, 3.63) is 59.9 Å². The van der Waals surface area contributed by atoms with Crippen LogP contribution in [0.4, 0.5) is 5.69 Å². The van der Waals surface area contributed by atoms with Gasteiger partial charge in [-0.1, -0.05) is 56.7 Å². The predicted octanol–water partition coefficient (Wildman–Crippen LogP) is 4.01. The van der Waals surface area contributed by atoms with Gasteiger partial charge in [0, 0.05) is 11.3 Å². The van der Waals surface area contributed by atoms with Crippen LogP contribution in [0.3, 0.4) is 0 Å². The molecule has 1 aliphatic rings. The third kappa shape index (κ3) is 4.39. The van der Waals surface area contributed by atoms with Crippen molar-refractivity contribution in [1.82, 2.24) is 25.9 Å². The van der Waals surface area contributed by atoms with Gasteiger partial charge >= 0.3 is 5.97 Å². The van der Waals surface area contributed by atoms with E-state index in [0.29, 0.717) is 23.6 Å². The molecule has 1 aliphatic heterocycles. The number of carbonyl (C=O) groups excluding carboxylic acids is 1. The number of methoxy groups -OCH3 is 1. The summed E-state index contributed by atoms with van der Waals surface area (Å²) in [4.78, 5) is 15.0. The quantitative estimate of drug-likeness (QED) is 0.418. The first-order valence-corrected chi connectivity index (χ1v) is 11.8. The Labute approximate surface area is 205 Å². The second kappa shape index (κ2) is 9.50. The average molecular weight is 477 g/mol. The standard InChI is InChI=1S/C26H32N6O3/c1-6-16-26(7-2)27-22(25(3,4)34)21(24(33)35-5)32(26)18-14-12-17(13-15-18)19-10-8-9-11-20(19)23-28-30-31-29-23/h8-15,27,34H,6-7,16H2,1-5H3,(H,28,29,30,31). The number of tetrazole rings is 1. The summed E-state index contributed by atoms with van der Waals surface area (Å²) in [6.45, 7) is 7.53. The summed E-state index contributed by atoms with van der Waals surface area (Å²) in [5.74, 6) is 0.0275. The van der Waals surface area contributed by atoms with Gasteiger partial charge in [0.25, 0.3) is 0 Å². The highest BCUT2D eigenvalue weighted by atomic mass is 16.5. The number of aromatic amines is 1. The first kappa shape index (κ1) is 24.4. The van der Waals surface area contributed by atoms with Crippen molar-refractivity contribution in [1.29, 1.82) is 0 Å². The molecule has 0 saturated heterocycles. The van der Waals surface area contributed by atoms with Gasteiger partial charge in [-0.25, -0.2) is 4.79 Å². The van der Waals surface area contributed by atoms with E-state index in [1.165, 1.54) is 7.11 Å². The van der Waals surface area contributed by atoms with Gasteiger partial charge in [-0.2, -0.15) is 5.21 Å². The van der Waals surface area contributed by atoms with E-state index >= 15 is 0 Å². The van der Waals surface area contributed by atoms with E-state index < -0.39 is 17.2 Å². The van der Waals surface area contributed by atoms with E-state index in [1.54, 1.807) is 13.8 Å². The highest BCUT2D eigenvalue weighted by Gasteiger charge is 2.49. The number of H-pyrrole nitrogens is 1. The Bertz CT molecular complexity index is 1210. The SMILES string of the molecule is CCCC1(CC)NC(C(C)(C)O)=C(C(=O)OC)N1c1ccc(-c2ccccc2-c2nn[nH]n2)cc1. The smallest absolute Gasteiger partial charge is 0.356 e. The number of carbonyl (C=O) groups is 1. The summed E-state index contributed by atoms with van der Waals surface area (Å²) in [6, 6.07) is 15.9. The fraction of sp³-hybridized carbons (Fsp3) is 0.385. The van der Waals surface area contributed by atoms with Gasteiger partial charge in [0.1, 0.15) is 11.3 Å². The fourth-order valence-electron chi connectivity index (χ4n) is 4.79. The molecule has 9 nitrogen and oxygen atoms in total. The summed E-state index contributed by atoms with van der Waals surface area (Å²) in [5, 5.41) is 28.9. The van der Waals surface area contributed by atoms with Gasteiger partial charge in [0.05, 0.1) is 12.8 Å². The van der Waals surface area contributed by atoms with Gasteiger partial charge in [-0.15, -0.1) is 10.2 Å². The highest BCUT2D eigenvalue weighted by Crippen LogP contribution is 2.43. The normalized spacial score (nSPS) is 18.1. The molecule has 35 heavy (non-hydrogen) atoms. The maximum absolute atomic E-state index is 13.0. The molecule has 1 atom stereocenters. The molecular formula is C26H32N6O3. The lowest BCUT2D eigenvalue weighted by atomic mass is 9.96. The number of nitrogens with one attached hydrogen (secondary N) is 2. The van der Waals surface area contributed by atoms with E-state index in [0.717, 1.165) is 35.2 Å². The zero-order chi connectivity index (χ0) is 25.2. The molecule has 1 unspecified atom stereocenters. The third-order valence-electron chi connectivity index (χ3n) is 6.43. The number of hydrogen-bond donors (Lipinski definition) is 3. The molecule has 0 spiro atoms. The molecule has 0 aliphatic carbocycles. The van der Waals surface area contributed by atoms with Gasteiger partial charge < -0.3 is 20.1 Å². The van der Waals surface area contributed by atoms with E-state index in [2.05, 4.69) is 39.8 Å². The van der Waals surface area contributed by atoms with Crippen LogP contribution < -0.4 is 10.2 Å². The van der Waals surface area contributed by atoms with Crippen LogP contribution in [-0.4, -0.2) is 50.1 Å². The Balaban J connectivity index is 1.83.